The first-order valence-corrected chi connectivity index (χ1v) is 14.2. The van der Waals surface area contributed by atoms with E-state index in [1.54, 1.807) is 31.4 Å². The first kappa shape index (κ1) is 27.5. The molecule has 1 amide bonds. The largest absolute Gasteiger partial charge is 0.497 e. The summed E-state index contributed by atoms with van der Waals surface area (Å²) in [6, 6.07) is 10.1. The highest BCUT2D eigenvalue weighted by Gasteiger charge is 2.33. The van der Waals surface area contributed by atoms with Crippen LogP contribution in [0.2, 0.25) is 5.02 Å². The monoisotopic (exact) mass is 593 g/mol. The fourth-order valence-corrected chi connectivity index (χ4v) is 7.04. The van der Waals surface area contributed by atoms with Crippen LogP contribution in [-0.4, -0.2) is 28.3 Å². The maximum absolute atomic E-state index is 13.9. The van der Waals surface area contributed by atoms with Crippen molar-refractivity contribution in [1.82, 2.24) is 9.55 Å². The number of thiophene rings is 1. The third-order valence-electron chi connectivity index (χ3n) is 6.52. The number of halogens is 4. The molecule has 0 fully saturated rings. The van der Waals surface area contributed by atoms with Gasteiger partial charge in [0.15, 0.2) is 5.16 Å². The number of nitrogens with zero attached hydrogens (tertiary/aromatic N) is 2. The number of aryl methyl sites for hydroxylation is 1. The van der Waals surface area contributed by atoms with E-state index in [0.29, 0.717) is 32.7 Å². The highest BCUT2D eigenvalue weighted by molar-refractivity contribution is 7.99. The number of thioether (sulfide) groups is 1. The molecule has 0 saturated carbocycles. The summed E-state index contributed by atoms with van der Waals surface area (Å²) in [4.78, 5) is 33.2. The number of methoxy groups -OCH3 is 1. The lowest BCUT2D eigenvalue weighted by Crippen LogP contribution is -2.23. The van der Waals surface area contributed by atoms with Crippen LogP contribution in [0, 0.1) is 5.92 Å². The van der Waals surface area contributed by atoms with Crippen LogP contribution in [-0.2, 0) is 23.8 Å². The van der Waals surface area contributed by atoms with Gasteiger partial charge in [-0.25, -0.2) is 4.98 Å². The maximum Gasteiger partial charge on any atom is 0.417 e. The summed E-state index contributed by atoms with van der Waals surface area (Å²) >= 11 is 8.22. The smallest absolute Gasteiger partial charge is 0.417 e. The predicted molar refractivity (Wildman–Crippen MR) is 149 cm³/mol. The number of carbonyl (C=O) groups excluding carboxylic acids is 1. The van der Waals surface area contributed by atoms with Crippen LogP contribution in [0.3, 0.4) is 0 Å². The highest BCUT2D eigenvalue weighted by Crippen LogP contribution is 2.38. The highest BCUT2D eigenvalue weighted by atomic mass is 35.5. The van der Waals surface area contributed by atoms with Crippen LogP contribution < -0.4 is 15.6 Å². The Kier molecular flexibility index (Phi) is 7.67. The minimum absolute atomic E-state index is 0.0340. The quantitative estimate of drug-likeness (QED) is 0.193. The molecule has 39 heavy (non-hydrogen) atoms. The van der Waals surface area contributed by atoms with E-state index in [9.17, 15) is 22.8 Å². The Hall–Kier alpha value is -3.02. The molecule has 1 aliphatic rings. The second-order valence-corrected chi connectivity index (χ2v) is 11.7. The lowest BCUT2D eigenvalue weighted by atomic mass is 9.89. The first-order chi connectivity index (χ1) is 18.5. The summed E-state index contributed by atoms with van der Waals surface area (Å²) < 4.78 is 46.4. The third-order valence-corrected chi connectivity index (χ3v) is 8.93. The molecular weight excluding hydrogens is 571 g/mol. The van der Waals surface area contributed by atoms with Gasteiger partial charge in [-0.05, 0) is 73.2 Å². The van der Waals surface area contributed by atoms with Gasteiger partial charge in [0.05, 0.1) is 34.5 Å². The summed E-state index contributed by atoms with van der Waals surface area (Å²) in [6.07, 6.45) is -1.95. The number of aromatic nitrogens is 2. The zero-order valence-corrected chi connectivity index (χ0v) is 23.3. The summed E-state index contributed by atoms with van der Waals surface area (Å²) in [6.45, 7) is 2.19. The number of alkyl halides is 3. The molecular formula is C27H23ClF3N3O3S2. The number of rotatable bonds is 6. The Morgan fingerprint density at radius 2 is 2.00 bits per heavy atom. The van der Waals surface area contributed by atoms with Crippen molar-refractivity contribution in [3.05, 3.63) is 73.8 Å². The molecule has 0 unspecified atom stereocenters. The zero-order valence-electron chi connectivity index (χ0n) is 20.9. The number of hydrogen-bond donors (Lipinski definition) is 1. The average Bonchev–Trinajstić information content (AvgIpc) is 3.25. The molecule has 1 N–H and O–H groups in total. The van der Waals surface area contributed by atoms with Gasteiger partial charge in [0.25, 0.3) is 5.56 Å². The van der Waals surface area contributed by atoms with Gasteiger partial charge in [-0.15, -0.1) is 11.3 Å². The second kappa shape index (κ2) is 10.9. The van der Waals surface area contributed by atoms with Crippen molar-refractivity contribution in [2.24, 2.45) is 5.92 Å². The number of amides is 1. The lowest BCUT2D eigenvalue weighted by Gasteiger charge is -2.18. The molecule has 6 nitrogen and oxygen atoms in total. The van der Waals surface area contributed by atoms with Crippen molar-refractivity contribution in [3.63, 3.8) is 0 Å². The molecule has 0 bridgehead atoms. The maximum atomic E-state index is 13.9. The van der Waals surface area contributed by atoms with E-state index in [1.165, 1.54) is 22.0 Å². The van der Waals surface area contributed by atoms with Gasteiger partial charge in [0.1, 0.15) is 10.6 Å². The Bertz CT molecular complexity index is 1620. The number of nitrogens with one attached hydrogen (secondary N) is 1. The SMILES string of the molecule is COc1ccc(-n2c(SCC(=O)Nc3ccc(Cl)c(C(F)(F)F)c3)nc3sc4c(c3c2=O)CC[C@H](C)C4)cc1. The molecule has 0 aliphatic heterocycles. The summed E-state index contributed by atoms with van der Waals surface area (Å²) in [5, 5.41) is 2.94. The molecule has 1 aliphatic carbocycles. The van der Waals surface area contributed by atoms with E-state index in [-0.39, 0.29) is 17.0 Å². The third kappa shape index (κ3) is 5.66. The summed E-state index contributed by atoms with van der Waals surface area (Å²) in [7, 11) is 1.55. The minimum Gasteiger partial charge on any atom is -0.497 e. The molecule has 2 aromatic carbocycles. The van der Waals surface area contributed by atoms with Gasteiger partial charge in [-0.1, -0.05) is 30.3 Å². The molecule has 0 saturated heterocycles. The Morgan fingerprint density at radius 1 is 1.26 bits per heavy atom. The molecule has 204 valence electrons. The molecule has 12 heteroatoms. The van der Waals surface area contributed by atoms with Gasteiger partial charge >= 0.3 is 6.18 Å². The van der Waals surface area contributed by atoms with Crippen LogP contribution in [0.5, 0.6) is 5.75 Å². The van der Waals surface area contributed by atoms with Crippen molar-refractivity contribution in [2.45, 2.75) is 37.5 Å². The normalized spacial score (nSPS) is 15.3. The van der Waals surface area contributed by atoms with Gasteiger partial charge in [0, 0.05) is 10.6 Å². The molecule has 1 atom stereocenters. The number of ether oxygens (including phenoxy) is 1. The van der Waals surface area contributed by atoms with E-state index in [1.807, 2.05) is 0 Å². The van der Waals surface area contributed by atoms with Crippen molar-refractivity contribution >= 4 is 56.5 Å². The van der Waals surface area contributed by atoms with Crippen LogP contribution in [0.15, 0.2) is 52.4 Å². The van der Waals surface area contributed by atoms with Crippen LogP contribution in [0.1, 0.15) is 29.3 Å². The molecule has 2 heterocycles. The standard InChI is InChI=1S/C27H23ClF3N3O3S2/c1-14-3-9-18-21(11-14)39-24-23(18)25(36)34(16-5-7-17(37-2)8-6-16)26(33-24)38-13-22(35)32-15-4-10-20(28)19(12-15)27(29,30)31/h4-8,10,12,14H,3,9,11,13H2,1-2H3,(H,32,35)/t14-/m0/s1. The zero-order chi connectivity index (χ0) is 27.9. The van der Waals surface area contributed by atoms with Gasteiger partial charge in [-0.2, -0.15) is 13.2 Å². The lowest BCUT2D eigenvalue weighted by molar-refractivity contribution is -0.137. The minimum atomic E-state index is -4.65. The van der Waals surface area contributed by atoms with E-state index in [2.05, 4.69) is 12.2 Å². The van der Waals surface area contributed by atoms with Crippen molar-refractivity contribution in [1.29, 1.82) is 0 Å². The molecule has 4 aromatic rings. The molecule has 0 radical (unpaired) electrons. The Morgan fingerprint density at radius 3 is 2.69 bits per heavy atom. The number of carbonyl (C=O) groups is 1. The second-order valence-electron chi connectivity index (χ2n) is 9.29. The molecule has 2 aromatic heterocycles. The number of benzene rings is 2. The number of fused-ring (bicyclic) bond motifs is 3. The fourth-order valence-electron chi connectivity index (χ4n) is 4.57. The van der Waals surface area contributed by atoms with Gasteiger partial charge in [0.2, 0.25) is 5.91 Å². The van der Waals surface area contributed by atoms with Crippen LogP contribution in [0.4, 0.5) is 18.9 Å². The topological polar surface area (TPSA) is 73.2 Å². The fraction of sp³-hybridized carbons (Fsp3) is 0.296. The van der Waals surface area contributed by atoms with Crippen molar-refractivity contribution < 1.29 is 22.7 Å². The van der Waals surface area contributed by atoms with E-state index < -0.39 is 22.7 Å². The van der Waals surface area contributed by atoms with Gasteiger partial charge < -0.3 is 10.1 Å². The predicted octanol–water partition coefficient (Wildman–Crippen LogP) is 6.98. The molecule has 0 spiro atoms. The average molecular weight is 594 g/mol. The molecule has 5 rings (SSSR count). The van der Waals surface area contributed by atoms with Crippen LogP contribution in [0.25, 0.3) is 15.9 Å². The van der Waals surface area contributed by atoms with Gasteiger partial charge in [-0.3, -0.25) is 14.2 Å². The summed E-state index contributed by atoms with van der Waals surface area (Å²) in [5.41, 5.74) is 0.326. The van der Waals surface area contributed by atoms with Crippen molar-refractivity contribution in [2.75, 3.05) is 18.2 Å². The Labute approximate surface area is 235 Å². The van der Waals surface area contributed by atoms with Crippen molar-refractivity contribution in [3.8, 4) is 11.4 Å². The number of anilines is 1. The Balaban J connectivity index is 1.48. The summed E-state index contributed by atoms with van der Waals surface area (Å²) in [5.74, 6) is 0.417. The van der Waals surface area contributed by atoms with E-state index in [4.69, 9.17) is 21.3 Å². The number of hydrogen-bond acceptors (Lipinski definition) is 6. The van der Waals surface area contributed by atoms with Crippen LogP contribution >= 0.6 is 34.7 Å². The van der Waals surface area contributed by atoms with E-state index >= 15 is 0 Å². The first-order valence-electron chi connectivity index (χ1n) is 12.1. The van der Waals surface area contributed by atoms with E-state index in [0.717, 1.165) is 53.6 Å².